The third-order valence-corrected chi connectivity index (χ3v) is 3.71. The molecule has 104 valence electrons. The van der Waals surface area contributed by atoms with Crippen molar-refractivity contribution in [2.75, 3.05) is 23.4 Å². The van der Waals surface area contributed by atoms with Crippen LogP contribution >= 0.6 is 0 Å². The largest absolute Gasteiger partial charge is 0.478 e. The fourth-order valence-electron chi connectivity index (χ4n) is 1.42. The van der Waals surface area contributed by atoms with Crippen molar-refractivity contribution < 1.29 is 19.0 Å². The molecule has 2 N–H and O–H groups in total. The third-order valence-electron chi connectivity index (χ3n) is 2.41. The van der Waals surface area contributed by atoms with Crippen molar-refractivity contribution >= 4 is 28.1 Å². The first kappa shape index (κ1) is 15.1. The summed E-state index contributed by atoms with van der Waals surface area (Å²) in [5.74, 6) is -0.317. The van der Waals surface area contributed by atoms with Crippen LogP contribution in [0.15, 0.2) is 18.2 Å². The van der Waals surface area contributed by atoms with Gasteiger partial charge in [0.1, 0.15) is 0 Å². The van der Waals surface area contributed by atoms with Gasteiger partial charge in [-0.2, -0.15) is 0 Å². The Balaban J connectivity index is 2.85. The van der Waals surface area contributed by atoms with Gasteiger partial charge in [-0.3, -0.25) is 14.3 Å². The van der Waals surface area contributed by atoms with Gasteiger partial charge in [-0.05, 0) is 6.07 Å². The second-order valence-electron chi connectivity index (χ2n) is 3.65. The minimum atomic E-state index is -1.25. The summed E-state index contributed by atoms with van der Waals surface area (Å²) in [4.78, 5) is 21.0. The van der Waals surface area contributed by atoms with Crippen LogP contribution in [0.5, 0.6) is 0 Å². The molecule has 0 aliphatic carbocycles. The fraction of sp³-hybridized carbons (Fsp3) is 0.364. The quantitative estimate of drug-likeness (QED) is 0.580. The van der Waals surface area contributed by atoms with E-state index in [2.05, 4.69) is 5.32 Å². The molecule has 0 bridgehead atoms. The van der Waals surface area contributed by atoms with Gasteiger partial charge in [0.2, 0.25) is 0 Å². The second-order valence-corrected chi connectivity index (χ2v) is 5.52. The highest BCUT2D eigenvalue weighted by Gasteiger charge is 2.15. The number of anilines is 1. The number of nitro benzene ring substituents is 1. The maximum absolute atomic E-state index is 11.2. The molecule has 0 aliphatic heterocycles. The van der Waals surface area contributed by atoms with Crippen LogP contribution in [0.4, 0.5) is 11.4 Å². The molecule has 1 rings (SSSR count). The van der Waals surface area contributed by atoms with Crippen molar-refractivity contribution in [2.24, 2.45) is 0 Å². The third kappa shape index (κ3) is 4.32. The highest BCUT2D eigenvalue weighted by Crippen LogP contribution is 2.22. The van der Waals surface area contributed by atoms with Crippen molar-refractivity contribution in [2.45, 2.75) is 6.92 Å². The fourth-order valence-corrected chi connectivity index (χ4v) is 2.04. The number of non-ortho nitro benzene ring substituents is 1. The van der Waals surface area contributed by atoms with Crippen LogP contribution in [0.1, 0.15) is 17.3 Å². The zero-order chi connectivity index (χ0) is 14.4. The van der Waals surface area contributed by atoms with Crippen LogP contribution in [0, 0.1) is 10.1 Å². The zero-order valence-corrected chi connectivity index (χ0v) is 11.1. The summed E-state index contributed by atoms with van der Waals surface area (Å²) in [5, 5.41) is 22.4. The highest BCUT2D eigenvalue weighted by atomic mass is 32.2. The number of nitrogens with zero attached hydrogens (tertiary/aromatic N) is 1. The first-order valence-corrected chi connectivity index (χ1v) is 7.05. The molecule has 0 fully saturated rings. The first-order chi connectivity index (χ1) is 8.95. The molecule has 0 heterocycles. The van der Waals surface area contributed by atoms with Crippen molar-refractivity contribution in [1.29, 1.82) is 0 Å². The Morgan fingerprint density at radius 2 is 2.21 bits per heavy atom. The van der Waals surface area contributed by atoms with Gasteiger partial charge in [-0.25, -0.2) is 4.79 Å². The standard InChI is InChI=1S/C11H14N2O5S/c1-2-19(18)6-5-12-10-4-3-8(13(16)17)7-9(10)11(14)15/h3-4,7,12H,2,5-6H2,1H3,(H,14,15). The Kier molecular flexibility index (Phi) is 5.43. The predicted molar refractivity (Wildman–Crippen MR) is 72.1 cm³/mol. The lowest BCUT2D eigenvalue weighted by atomic mass is 10.1. The Morgan fingerprint density at radius 3 is 2.74 bits per heavy atom. The summed E-state index contributed by atoms with van der Waals surface area (Å²) in [6.07, 6.45) is 0. The second kappa shape index (κ2) is 6.83. The summed E-state index contributed by atoms with van der Waals surface area (Å²) in [5.41, 5.74) is -0.164. The SMILES string of the molecule is CCS(=O)CCNc1ccc([N+](=O)[O-])cc1C(=O)O. The molecule has 0 aliphatic rings. The van der Waals surface area contributed by atoms with Gasteiger partial charge in [0.15, 0.2) is 0 Å². The number of carbonyl (C=O) groups is 1. The number of nitro groups is 1. The normalized spacial score (nSPS) is 11.8. The van der Waals surface area contributed by atoms with Crippen LogP contribution in [-0.2, 0) is 10.8 Å². The average Bonchev–Trinajstić information content (AvgIpc) is 2.38. The smallest absolute Gasteiger partial charge is 0.338 e. The molecule has 0 saturated heterocycles. The van der Waals surface area contributed by atoms with Crippen LogP contribution in [0.25, 0.3) is 0 Å². The van der Waals surface area contributed by atoms with Crippen LogP contribution in [-0.4, -0.2) is 38.3 Å². The monoisotopic (exact) mass is 286 g/mol. The van der Waals surface area contributed by atoms with E-state index < -0.39 is 21.7 Å². The topological polar surface area (TPSA) is 110 Å². The molecule has 8 heteroatoms. The van der Waals surface area contributed by atoms with Gasteiger partial charge in [0.05, 0.1) is 10.5 Å². The molecule has 0 aromatic heterocycles. The van der Waals surface area contributed by atoms with E-state index in [4.69, 9.17) is 5.11 Å². The van der Waals surface area contributed by atoms with Gasteiger partial charge in [0, 0.05) is 46.7 Å². The lowest BCUT2D eigenvalue weighted by Crippen LogP contribution is -2.14. The van der Waals surface area contributed by atoms with E-state index in [0.29, 0.717) is 18.1 Å². The Bertz CT molecular complexity index is 518. The van der Waals surface area contributed by atoms with E-state index >= 15 is 0 Å². The number of aromatic carboxylic acids is 1. The van der Waals surface area contributed by atoms with E-state index in [0.717, 1.165) is 6.07 Å². The van der Waals surface area contributed by atoms with Gasteiger partial charge in [0.25, 0.3) is 5.69 Å². The molecule has 1 unspecified atom stereocenters. The maximum Gasteiger partial charge on any atom is 0.338 e. The average molecular weight is 286 g/mol. The predicted octanol–water partition coefficient (Wildman–Crippen LogP) is 1.47. The summed E-state index contributed by atoms with van der Waals surface area (Å²) in [7, 11) is -0.948. The van der Waals surface area contributed by atoms with E-state index in [-0.39, 0.29) is 16.9 Å². The molecule has 1 atom stereocenters. The molecule has 7 nitrogen and oxygen atoms in total. The number of hydrogen-bond acceptors (Lipinski definition) is 5. The molecule has 0 amide bonds. The van der Waals surface area contributed by atoms with Gasteiger partial charge in [-0.15, -0.1) is 0 Å². The number of benzene rings is 1. The molecule has 1 aromatic carbocycles. The van der Waals surface area contributed by atoms with Crippen molar-refractivity contribution in [3.63, 3.8) is 0 Å². The molecular formula is C11H14N2O5S. The van der Waals surface area contributed by atoms with Crippen molar-refractivity contribution in [3.8, 4) is 0 Å². The Morgan fingerprint density at radius 1 is 1.53 bits per heavy atom. The molecule has 0 spiro atoms. The van der Waals surface area contributed by atoms with Crippen molar-refractivity contribution in [1.82, 2.24) is 0 Å². The number of nitrogens with one attached hydrogen (secondary N) is 1. The van der Waals surface area contributed by atoms with E-state index in [9.17, 15) is 19.1 Å². The van der Waals surface area contributed by atoms with E-state index in [1.807, 2.05) is 0 Å². The van der Waals surface area contributed by atoms with Gasteiger partial charge < -0.3 is 10.4 Å². The molecule has 0 radical (unpaired) electrons. The number of carboxylic acid groups (broad SMARTS) is 1. The summed E-state index contributed by atoms with van der Waals surface area (Å²) >= 11 is 0. The van der Waals surface area contributed by atoms with E-state index in [1.54, 1.807) is 6.92 Å². The Labute approximate surface area is 112 Å². The van der Waals surface area contributed by atoms with Gasteiger partial charge >= 0.3 is 5.97 Å². The Hall–Kier alpha value is -1.96. The summed E-state index contributed by atoms with van der Waals surface area (Å²) in [6, 6.07) is 3.57. The highest BCUT2D eigenvalue weighted by molar-refractivity contribution is 7.84. The van der Waals surface area contributed by atoms with Crippen molar-refractivity contribution in [3.05, 3.63) is 33.9 Å². The number of rotatable bonds is 7. The molecular weight excluding hydrogens is 272 g/mol. The van der Waals surface area contributed by atoms with E-state index in [1.165, 1.54) is 12.1 Å². The van der Waals surface area contributed by atoms with Crippen LogP contribution in [0.3, 0.4) is 0 Å². The maximum atomic E-state index is 11.2. The number of carboxylic acids is 1. The first-order valence-electron chi connectivity index (χ1n) is 5.56. The lowest BCUT2D eigenvalue weighted by molar-refractivity contribution is -0.384. The van der Waals surface area contributed by atoms with Crippen LogP contribution in [0.2, 0.25) is 0 Å². The molecule has 0 saturated carbocycles. The molecule has 1 aromatic rings. The van der Waals surface area contributed by atoms with Crippen LogP contribution < -0.4 is 5.32 Å². The number of hydrogen-bond donors (Lipinski definition) is 2. The summed E-state index contributed by atoms with van der Waals surface area (Å²) in [6.45, 7) is 2.14. The lowest BCUT2D eigenvalue weighted by Gasteiger charge is -2.08. The van der Waals surface area contributed by atoms with Gasteiger partial charge in [-0.1, -0.05) is 6.92 Å². The minimum Gasteiger partial charge on any atom is -0.478 e. The minimum absolute atomic E-state index is 0.170. The zero-order valence-electron chi connectivity index (χ0n) is 10.3. The summed E-state index contributed by atoms with van der Waals surface area (Å²) < 4.78 is 11.2. The molecule has 19 heavy (non-hydrogen) atoms.